The number of carboxylic acid groups (broad SMARTS) is 1. The molecule has 0 amide bonds. The first-order valence-corrected chi connectivity index (χ1v) is 7.04. The van der Waals surface area contributed by atoms with Crippen molar-refractivity contribution in [3.05, 3.63) is 56.6 Å². The molecular formula is C15H8ClF3NO6-. The van der Waals surface area contributed by atoms with Gasteiger partial charge in [-0.05, 0) is 24.3 Å². The van der Waals surface area contributed by atoms with Gasteiger partial charge < -0.3 is 19.4 Å². The molecule has 2 aromatic carbocycles. The molecule has 0 atom stereocenters. The molecule has 0 aliphatic rings. The third kappa shape index (κ3) is 3.97. The highest BCUT2D eigenvalue weighted by Crippen LogP contribution is 2.43. The summed E-state index contributed by atoms with van der Waals surface area (Å²) in [6.45, 7) is 0. The lowest BCUT2D eigenvalue weighted by atomic mass is 10.1. The number of nitro groups is 1. The first-order chi connectivity index (χ1) is 12.0. The zero-order chi connectivity index (χ0) is 19.6. The quantitative estimate of drug-likeness (QED) is 0.572. The number of benzene rings is 2. The highest BCUT2D eigenvalue weighted by Gasteiger charge is 2.33. The van der Waals surface area contributed by atoms with Gasteiger partial charge in [-0.15, -0.1) is 0 Å². The smallest absolute Gasteiger partial charge is 0.416 e. The Morgan fingerprint density at radius 3 is 2.35 bits per heavy atom. The third-order valence-corrected chi connectivity index (χ3v) is 3.44. The number of ether oxygens (including phenoxy) is 2. The Morgan fingerprint density at radius 2 is 1.85 bits per heavy atom. The Bertz CT molecular complexity index is 884. The molecule has 2 aromatic rings. The molecule has 0 aromatic heterocycles. The van der Waals surface area contributed by atoms with Crippen LogP contribution in [0.5, 0.6) is 17.2 Å². The summed E-state index contributed by atoms with van der Waals surface area (Å²) in [5.41, 5.74) is -2.54. The number of carboxylic acids is 1. The Kier molecular flexibility index (Phi) is 5.26. The Hall–Kier alpha value is -3.01. The molecule has 0 radical (unpaired) electrons. The molecular weight excluding hydrogens is 383 g/mol. The topological polar surface area (TPSA) is 102 Å². The number of carbonyl (C=O) groups is 1. The number of hydrogen-bond donors (Lipinski definition) is 0. The van der Waals surface area contributed by atoms with Crippen LogP contribution in [0.3, 0.4) is 0 Å². The predicted octanol–water partition coefficient (Wildman–Crippen LogP) is 3.43. The molecule has 11 heteroatoms. The maximum absolute atomic E-state index is 12.7. The number of rotatable bonds is 5. The third-order valence-electron chi connectivity index (χ3n) is 3.16. The van der Waals surface area contributed by atoms with Crippen LogP contribution >= 0.6 is 11.6 Å². The highest BCUT2D eigenvalue weighted by atomic mass is 35.5. The summed E-state index contributed by atoms with van der Waals surface area (Å²) in [6.07, 6.45) is -4.78. The molecule has 138 valence electrons. The van der Waals surface area contributed by atoms with Crippen molar-refractivity contribution in [2.75, 3.05) is 7.11 Å². The number of nitro benzene ring substituents is 1. The second-order valence-corrected chi connectivity index (χ2v) is 5.22. The Labute approximate surface area is 148 Å². The van der Waals surface area contributed by atoms with Crippen molar-refractivity contribution < 1.29 is 37.5 Å². The molecule has 0 heterocycles. The molecule has 0 aliphatic heterocycles. The van der Waals surface area contributed by atoms with Crippen molar-refractivity contribution in [3.63, 3.8) is 0 Å². The molecule has 0 saturated heterocycles. The Balaban J connectivity index is 2.55. The van der Waals surface area contributed by atoms with E-state index in [0.717, 1.165) is 25.3 Å². The van der Waals surface area contributed by atoms with E-state index in [1.165, 1.54) is 0 Å². The van der Waals surface area contributed by atoms with Crippen LogP contribution in [0.25, 0.3) is 0 Å². The van der Waals surface area contributed by atoms with Crippen molar-refractivity contribution in [1.82, 2.24) is 0 Å². The van der Waals surface area contributed by atoms with Gasteiger partial charge in [0.05, 0.1) is 28.6 Å². The van der Waals surface area contributed by atoms with Crippen LogP contribution in [0.1, 0.15) is 15.9 Å². The summed E-state index contributed by atoms with van der Waals surface area (Å²) in [5, 5.41) is 21.7. The van der Waals surface area contributed by atoms with Crippen molar-refractivity contribution >= 4 is 23.3 Å². The molecule has 0 N–H and O–H groups in total. The van der Waals surface area contributed by atoms with Crippen LogP contribution < -0.4 is 14.6 Å². The number of alkyl halides is 3. The number of nitrogens with zero attached hydrogens (tertiary/aromatic N) is 1. The fourth-order valence-corrected chi connectivity index (χ4v) is 2.22. The van der Waals surface area contributed by atoms with Crippen LogP contribution in [0.2, 0.25) is 5.02 Å². The minimum absolute atomic E-state index is 0.203. The van der Waals surface area contributed by atoms with Crippen molar-refractivity contribution in [2.24, 2.45) is 0 Å². The van der Waals surface area contributed by atoms with Gasteiger partial charge in [0.15, 0.2) is 11.5 Å². The summed E-state index contributed by atoms with van der Waals surface area (Å²) in [6, 6.07) is 3.60. The minimum Gasteiger partial charge on any atom is -0.545 e. The molecule has 0 bridgehead atoms. The second kappa shape index (κ2) is 7.08. The zero-order valence-electron chi connectivity index (χ0n) is 12.8. The fourth-order valence-electron chi connectivity index (χ4n) is 1.97. The molecule has 26 heavy (non-hydrogen) atoms. The van der Waals surface area contributed by atoms with Gasteiger partial charge in [0.1, 0.15) is 0 Å². The molecule has 0 saturated carbocycles. The van der Waals surface area contributed by atoms with Gasteiger partial charge in [0, 0.05) is 11.6 Å². The lowest BCUT2D eigenvalue weighted by molar-refractivity contribution is -0.385. The number of halogens is 4. The van der Waals surface area contributed by atoms with Gasteiger partial charge in [0.25, 0.3) is 0 Å². The average molecular weight is 391 g/mol. The normalized spacial score (nSPS) is 11.1. The van der Waals surface area contributed by atoms with E-state index in [2.05, 4.69) is 0 Å². The first kappa shape index (κ1) is 19.3. The van der Waals surface area contributed by atoms with E-state index < -0.39 is 34.1 Å². The molecule has 0 spiro atoms. The molecule has 0 unspecified atom stereocenters. The molecule has 7 nitrogen and oxygen atoms in total. The number of carbonyl (C=O) groups excluding carboxylic acids is 1. The van der Waals surface area contributed by atoms with Gasteiger partial charge in [-0.25, -0.2) is 0 Å². The van der Waals surface area contributed by atoms with Gasteiger partial charge in [-0.3, -0.25) is 10.1 Å². The van der Waals surface area contributed by atoms with Crippen LogP contribution in [-0.2, 0) is 6.18 Å². The number of aromatic carboxylic acids is 1. The van der Waals surface area contributed by atoms with E-state index in [9.17, 15) is 33.2 Å². The maximum Gasteiger partial charge on any atom is 0.416 e. The summed E-state index contributed by atoms with van der Waals surface area (Å²) in [5.74, 6) is -2.60. The number of hydrogen-bond acceptors (Lipinski definition) is 6. The maximum atomic E-state index is 12.7. The van der Waals surface area contributed by atoms with E-state index in [-0.39, 0.29) is 22.1 Å². The van der Waals surface area contributed by atoms with Crippen LogP contribution in [0.15, 0.2) is 30.3 Å². The fraction of sp³-hybridized carbons (Fsp3) is 0.133. The van der Waals surface area contributed by atoms with E-state index in [0.29, 0.717) is 12.1 Å². The SMILES string of the molecule is COc1cc(C(=O)[O-])cc(Cl)c1Oc1ccc(C(F)(F)F)cc1[N+](=O)[O-]. The Morgan fingerprint density at radius 1 is 1.19 bits per heavy atom. The van der Waals surface area contributed by atoms with Gasteiger partial charge in [-0.1, -0.05) is 11.6 Å². The van der Waals surface area contributed by atoms with Crippen LogP contribution in [0, 0.1) is 10.1 Å². The molecule has 2 rings (SSSR count). The van der Waals surface area contributed by atoms with Gasteiger partial charge >= 0.3 is 11.9 Å². The second-order valence-electron chi connectivity index (χ2n) is 4.82. The van der Waals surface area contributed by atoms with E-state index in [1.807, 2.05) is 0 Å². The lowest BCUT2D eigenvalue weighted by Crippen LogP contribution is -2.22. The lowest BCUT2D eigenvalue weighted by Gasteiger charge is -2.15. The van der Waals surface area contributed by atoms with Gasteiger partial charge in [0.2, 0.25) is 5.75 Å². The van der Waals surface area contributed by atoms with Crippen molar-refractivity contribution in [1.29, 1.82) is 0 Å². The van der Waals surface area contributed by atoms with Crippen molar-refractivity contribution in [3.8, 4) is 17.2 Å². The summed E-state index contributed by atoms with van der Waals surface area (Å²) in [7, 11) is 1.15. The monoisotopic (exact) mass is 390 g/mol. The van der Waals surface area contributed by atoms with Gasteiger partial charge in [-0.2, -0.15) is 13.2 Å². The molecule has 0 fully saturated rings. The van der Waals surface area contributed by atoms with E-state index >= 15 is 0 Å². The molecule has 0 aliphatic carbocycles. The highest BCUT2D eigenvalue weighted by molar-refractivity contribution is 6.32. The summed E-state index contributed by atoms with van der Waals surface area (Å²) < 4.78 is 48.3. The van der Waals surface area contributed by atoms with Crippen LogP contribution in [0.4, 0.5) is 18.9 Å². The summed E-state index contributed by atoms with van der Waals surface area (Å²) in [4.78, 5) is 20.9. The van der Waals surface area contributed by atoms with Crippen molar-refractivity contribution in [2.45, 2.75) is 6.18 Å². The zero-order valence-corrected chi connectivity index (χ0v) is 13.6. The number of methoxy groups -OCH3 is 1. The largest absolute Gasteiger partial charge is 0.545 e. The van der Waals surface area contributed by atoms with E-state index in [4.69, 9.17) is 21.1 Å². The summed E-state index contributed by atoms with van der Waals surface area (Å²) >= 11 is 5.90. The van der Waals surface area contributed by atoms with E-state index in [1.54, 1.807) is 0 Å². The first-order valence-electron chi connectivity index (χ1n) is 6.67. The van der Waals surface area contributed by atoms with Crippen LogP contribution in [-0.4, -0.2) is 18.0 Å². The minimum atomic E-state index is -4.78. The standard InChI is InChI=1S/C15H9ClF3NO6/c1-25-12-5-7(14(21)22)4-9(16)13(12)26-11-3-2-8(15(17,18)19)6-10(11)20(23)24/h2-6H,1H3,(H,21,22)/p-1. The predicted molar refractivity (Wildman–Crippen MR) is 80.5 cm³/mol. The average Bonchev–Trinajstić information content (AvgIpc) is 2.55.